The number of hydrogen-bond acceptors (Lipinski definition) is 5. The zero-order valence-electron chi connectivity index (χ0n) is 20.2. The van der Waals surface area contributed by atoms with Gasteiger partial charge in [0.15, 0.2) is 6.61 Å². The summed E-state index contributed by atoms with van der Waals surface area (Å²) in [6.45, 7) is 2.94. The minimum atomic E-state index is -4.65. The van der Waals surface area contributed by atoms with Crippen molar-refractivity contribution in [2.45, 2.75) is 26.4 Å². The predicted molar refractivity (Wildman–Crippen MR) is 131 cm³/mol. The van der Waals surface area contributed by atoms with Crippen LogP contribution in [0.2, 0.25) is 0 Å². The number of methoxy groups -OCH3 is 1. The molecule has 0 radical (unpaired) electrons. The molecule has 0 atom stereocenters. The first kappa shape index (κ1) is 25.8. The maximum Gasteiger partial charge on any atom is 0.418 e. The first-order chi connectivity index (χ1) is 17.5. The monoisotopic (exact) mass is 516 g/mol. The molecule has 0 saturated carbocycles. The van der Waals surface area contributed by atoms with Crippen LogP contribution in [0, 0.1) is 12.7 Å². The lowest BCUT2D eigenvalue weighted by Crippen LogP contribution is -2.20. The van der Waals surface area contributed by atoms with Crippen LogP contribution in [0.1, 0.15) is 23.6 Å². The molecule has 0 spiro atoms. The third-order valence-electron chi connectivity index (χ3n) is 5.78. The lowest BCUT2D eigenvalue weighted by Gasteiger charge is -2.19. The first-order valence-electron chi connectivity index (χ1n) is 11.3. The van der Waals surface area contributed by atoms with Crippen LogP contribution in [0.4, 0.5) is 29.1 Å². The van der Waals surface area contributed by atoms with Crippen LogP contribution in [0.15, 0.2) is 48.7 Å². The van der Waals surface area contributed by atoms with Crippen LogP contribution in [0.3, 0.4) is 0 Å². The number of anilines is 2. The van der Waals surface area contributed by atoms with Crippen LogP contribution in [0.5, 0.6) is 11.5 Å². The Balaban J connectivity index is 2.03. The Labute approximate surface area is 209 Å². The number of alkyl halides is 3. The van der Waals surface area contributed by atoms with E-state index in [1.165, 1.54) is 48.8 Å². The van der Waals surface area contributed by atoms with Gasteiger partial charge in [-0.2, -0.15) is 13.2 Å². The molecule has 0 aliphatic carbocycles. The van der Waals surface area contributed by atoms with Gasteiger partial charge in [0.2, 0.25) is 0 Å². The minimum Gasteiger partial charge on any atom is -0.497 e. The Morgan fingerprint density at radius 3 is 2.59 bits per heavy atom. The summed E-state index contributed by atoms with van der Waals surface area (Å²) in [5.74, 6) is -0.642. The molecule has 11 heteroatoms. The number of nitrogens with one attached hydrogen (secondary N) is 1. The number of amides is 1. The van der Waals surface area contributed by atoms with E-state index in [1.807, 2.05) is 6.92 Å². The number of imidazole rings is 1. The summed E-state index contributed by atoms with van der Waals surface area (Å²) < 4.78 is 68.4. The van der Waals surface area contributed by atoms with Gasteiger partial charge < -0.3 is 20.5 Å². The number of rotatable bonds is 8. The van der Waals surface area contributed by atoms with E-state index in [0.717, 1.165) is 12.3 Å². The predicted octanol–water partition coefficient (Wildman–Crippen LogP) is 5.65. The number of hydrogen-bond donors (Lipinski definition) is 2. The lowest BCUT2D eigenvalue weighted by atomic mass is 10.00. The van der Waals surface area contributed by atoms with Crippen molar-refractivity contribution in [3.8, 4) is 22.8 Å². The van der Waals surface area contributed by atoms with Crippen LogP contribution in [-0.2, 0) is 17.4 Å². The second-order valence-corrected chi connectivity index (χ2v) is 8.27. The number of para-hydroxylation sites is 1. The van der Waals surface area contributed by atoms with E-state index in [-0.39, 0.29) is 28.6 Å². The molecular formula is C26H24F4N4O3. The second kappa shape index (κ2) is 10.00. The van der Waals surface area contributed by atoms with Gasteiger partial charge >= 0.3 is 6.18 Å². The van der Waals surface area contributed by atoms with E-state index in [2.05, 4.69) is 10.3 Å². The fourth-order valence-electron chi connectivity index (χ4n) is 4.07. The van der Waals surface area contributed by atoms with E-state index in [1.54, 1.807) is 6.07 Å². The smallest absolute Gasteiger partial charge is 0.418 e. The summed E-state index contributed by atoms with van der Waals surface area (Å²) in [5, 5.41) is 2.87. The third-order valence-corrected chi connectivity index (χ3v) is 5.78. The van der Waals surface area contributed by atoms with Crippen molar-refractivity contribution in [3.05, 3.63) is 71.2 Å². The molecule has 194 valence electrons. The van der Waals surface area contributed by atoms with Gasteiger partial charge in [-0.1, -0.05) is 19.1 Å². The molecule has 1 amide bonds. The highest BCUT2D eigenvalue weighted by atomic mass is 19.4. The average Bonchev–Trinajstić information content (AvgIpc) is 3.19. The molecule has 0 fully saturated rings. The Kier molecular flexibility index (Phi) is 6.97. The summed E-state index contributed by atoms with van der Waals surface area (Å²) in [6.07, 6.45) is -3.07. The average molecular weight is 516 g/mol. The van der Waals surface area contributed by atoms with Crippen molar-refractivity contribution < 1.29 is 31.8 Å². The number of aryl methyl sites for hydroxylation is 2. The number of ether oxygens (including phenoxy) is 2. The van der Waals surface area contributed by atoms with E-state index in [4.69, 9.17) is 15.2 Å². The molecule has 7 nitrogen and oxygen atoms in total. The van der Waals surface area contributed by atoms with Crippen LogP contribution in [-0.4, -0.2) is 29.0 Å². The van der Waals surface area contributed by atoms with Crippen molar-refractivity contribution in [2.24, 2.45) is 5.73 Å². The number of carbonyl (C=O) groups is 1. The molecule has 0 unspecified atom stereocenters. The number of carbonyl (C=O) groups excluding carboxylic acids is 1. The molecule has 0 aliphatic rings. The van der Waals surface area contributed by atoms with Crippen LogP contribution >= 0.6 is 0 Å². The highest BCUT2D eigenvalue weighted by Crippen LogP contribution is 2.44. The highest BCUT2D eigenvalue weighted by molar-refractivity contribution is 5.86. The number of nitrogens with two attached hydrogens (primary N) is 1. The van der Waals surface area contributed by atoms with Gasteiger partial charge in [0, 0.05) is 17.8 Å². The van der Waals surface area contributed by atoms with Crippen molar-refractivity contribution in [3.63, 3.8) is 0 Å². The van der Waals surface area contributed by atoms with E-state index >= 15 is 0 Å². The summed E-state index contributed by atoms with van der Waals surface area (Å²) in [6, 6.07) is 9.68. The van der Waals surface area contributed by atoms with E-state index in [9.17, 15) is 22.4 Å². The van der Waals surface area contributed by atoms with E-state index in [0.29, 0.717) is 28.9 Å². The number of benzene rings is 2. The molecular weight excluding hydrogens is 492 g/mol. The Morgan fingerprint density at radius 1 is 1.19 bits per heavy atom. The number of fused-ring (bicyclic) bond motifs is 1. The number of primary amides is 1. The van der Waals surface area contributed by atoms with Gasteiger partial charge in [-0.25, -0.2) is 9.37 Å². The Bertz CT molecular complexity index is 1480. The number of aromatic nitrogens is 2. The fraction of sp³-hybridized carbons (Fsp3) is 0.231. The molecule has 4 aromatic rings. The lowest BCUT2D eigenvalue weighted by molar-refractivity contribution is -0.137. The number of nitrogens with zero attached hydrogens (tertiary/aromatic N) is 2. The van der Waals surface area contributed by atoms with Gasteiger partial charge in [0.05, 0.1) is 18.4 Å². The molecule has 0 bridgehead atoms. The van der Waals surface area contributed by atoms with Gasteiger partial charge in [-0.05, 0) is 48.7 Å². The molecule has 4 rings (SSSR count). The van der Waals surface area contributed by atoms with Crippen molar-refractivity contribution in [2.75, 3.05) is 19.0 Å². The molecule has 37 heavy (non-hydrogen) atoms. The van der Waals surface area contributed by atoms with Crippen LogP contribution < -0.4 is 20.5 Å². The largest absolute Gasteiger partial charge is 0.497 e. The number of halogens is 4. The second-order valence-electron chi connectivity index (χ2n) is 8.27. The molecule has 0 aliphatic heterocycles. The molecule has 3 N–H and O–H groups in total. The summed E-state index contributed by atoms with van der Waals surface area (Å²) in [4.78, 5) is 16.1. The Morgan fingerprint density at radius 2 is 1.95 bits per heavy atom. The summed E-state index contributed by atoms with van der Waals surface area (Å²) in [5.41, 5.74) is 6.06. The zero-order chi connectivity index (χ0) is 26.9. The van der Waals surface area contributed by atoms with Crippen molar-refractivity contribution in [1.29, 1.82) is 0 Å². The molecule has 0 saturated heterocycles. The van der Waals surface area contributed by atoms with Gasteiger partial charge in [-0.3, -0.25) is 9.20 Å². The van der Waals surface area contributed by atoms with Crippen LogP contribution in [0.25, 0.3) is 16.9 Å². The van der Waals surface area contributed by atoms with Gasteiger partial charge in [0.1, 0.15) is 34.5 Å². The fourth-order valence-corrected chi connectivity index (χ4v) is 4.07. The van der Waals surface area contributed by atoms with Gasteiger partial charge in [-0.15, -0.1) is 0 Å². The van der Waals surface area contributed by atoms with Gasteiger partial charge in [0.25, 0.3) is 5.91 Å². The maximum atomic E-state index is 14.3. The highest BCUT2D eigenvalue weighted by Gasteiger charge is 2.35. The standard InChI is InChI=1S/C26H24F4N4O3/c1-4-15-10-17(36-3)11-19(37-13-20(31)35)22(15)24-25(34-12-16(27)8-9-21(34)32-24)33-23-14(2)6-5-7-18(23)26(28,29)30/h5-12,33H,4,13H2,1-3H3,(H2,31,35). The quantitative estimate of drug-likeness (QED) is 0.296. The zero-order valence-corrected chi connectivity index (χ0v) is 20.2. The van der Waals surface area contributed by atoms with Crippen molar-refractivity contribution >= 4 is 23.1 Å². The Hall–Kier alpha value is -4.28. The minimum absolute atomic E-state index is 0.0816. The molecule has 2 aromatic carbocycles. The van der Waals surface area contributed by atoms with Crippen molar-refractivity contribution in [1.82, 2.24) is 9.38 Å². The summed E-state index contributed by atoms with van der Waals surface area (Å²) >= 11 is 0. The first-order valence-corrected chi connectivity index (χ1v) is 11.3. The van der Waals surface area contributed by atoms with E-state index < -0.39 is 30.1 Å². The summed E-state index contributed by atoms with van der Waals surface area (Å²) in [7, 11) is 1.46. The normalized spacial score (nSPS) is 11.5. The topological polar surface area (TPSA) is 90.9 Å². The molecule has 2 aromatic heterocycles. The SMILES string of the molecule is CCc1cc(OC)cc(OCC(N)=O)c1-c1nc2ccc(F)cn2c1Nc1c(C)cccc1C(F)(F)F. The molecule has 2 heterocycles. The third kappa shape index (κ3) is 5.16. The maximum absolute atomic E-state index is 14.3. The number of pyridine rings is 1.